The fraction of sp³-hybridized carbons (Fsp3) is 0.444. The van der Waals surface area contributed by atoms with E-state index in [-0.39, 0.29) is 0 Å². The molecule has 2 amide bonds. The smallest absolute Gasteiger partial charge is 0.326 e. The van der Waals surface area contributed by atoms with Gasteiger partial charge < -0.3 is 10.0 Å². The second-order valence-electron chi connectivity index (χ2n) is 3.43. The molecule has 0 aliphatic carbocycles. The largest absolute Gasteiger partial charge is 0.480 e. The Kier molecular flexibility index (Phi) is 3.49. The number of carbonyl (C=O) groups is 2. The lowest BCUT2D eigenvalue weighted by Crippen LogP contribution is -2.42. The number of carboxylic acid groups (broad SMARTS) is 1. The molecule has 0 bridgehead atoms. The lowest BCUT2D eigenvalue weighted by molar-refractivity contribution is -0.141. The van der Waals surface area contributed by atoms with Crippen molar-refractivity contribution in [2.45, 2.75) is 13.0 Å². The van der Waals surface area contributed by atoms with E-state index in [0.717, 1.165) is 4.90 Å². The van der Waals surface area contributed by atoms with E-state index in [1.807, 2.05) is 0 Å². The molecule has 0 radical (unpaired) electrons. The second kappa shape index (κ2) is 4.65. The Balaban J connectivity index is 2.62. The summed E-state index contributed by atoms with van der Waals surface area (Å²) in [4.78, 5) is 23.3. The zero-order chi connectivity index (χ0) is 12.3. The Hall–Kier alpha value is -2.05. The summed E-state index contributed by atoms with van der Waals surface area (Å²) in [6, 6.07) is 0.231. The third-order valence-electron chi connectivity index (χ3n) is 2.21. The van der Waals surface area contributed by atoms with E-state index < -0.39 is 18.0 Å². The van der Waals surface area contributed by atoms with Crippen molar-refractivity contribution in [3.05, 3.63) is 12.3 Å². The number of nitrogens with zero attached hydrogens (tertiary/aromatic N) is 3. The van der Waals surface area contributed by atoms with Crippen molar-refractivity contribution in [3.8, 4) is 0 Å². The van der Waals surface area contributed by atoms with Crippen molar-refractivity contribution >= 4 is 17.8 Å². The van der Waals surface area contributed by atoms with Gasteiger partial charge in [0.15, 0.2) is 5.82 Å². The first kappa shape index (κ1) is 12.0. The molecule has 0 saturated carbocycles. The number of hydrogen-bond acceptors (Lipinski definition) is 3. The predicted molar refractivity (Wildman–Crippen MR) is 57.1 cm³/mol. The molecule has 1 rings (SSSR count). The zero-order valence-corrected chi connectivity index (χ0v) is 9.34. The Labute approximate surface area is 92.7 Å². The topological polar surface area (TPSA) is 87.5 Å². The minimum Gasteiger partial charge on any atom is -0.480 e. The summed E-state index contributed by atoms with van der Waals surface area (Å²) in [6.07, 6.45) is 1.68. The molecular weight excluding hydrogens is 212 g/mol. The Morgan fingerprint density at radius 1 is 1.62 bits per heavy atom. The van der Waals surface area contributed by atoms with E-state index in [2.05, 4.69) is 10.4 Å². The van der Waals surface area contributed by atoms with Crippen molar-refractivity contribution in [1.29, 1.82) is 0 Å². The highest BCUT2D eigenvalue weighted by atomic mass is 16.4. The molecule has 7 nitrogen and oxygen atoms in total. The van der Waals surface area contributed by atoms with Crippen LogP contribution in [-0.4, -0.2) is 44.9 Å². The van der Waals surface area contributed by atoms with Gasteiger partial charge in [-0.05, 0) is 6.92 Å². The van der Waals surface area contributed by atoms with Crippen LogP contribution in [0.2, 0.25) is 0 Å². The highest BCUT2D eigenvalue weighted by Crippen LogP contribution is 2.04. The first-order valence-corrected chi connectivity index (χ1v) is 4.68. The quantitative estimate of drug-likeness (QED) is 0.778. The van der Waals surface area contributed by atoms with E-state index in [1.165, 1.54) is 18.7 Å². The number of carbonyl (C=O) groups excluding carboxylic acids is 1. The number of nitrogens with one attached hydrogen (secondary N) is 1. The van der Waals surface area contributed by atoms with Crippen LogP contribution in [0.3, 0.4) is 0 Å². The van der Waals surface area contributed by atoms with Crippen molar-refractivity contribution in [2.24, 2.45) is 7.05 Å². The molecule has 1 unspecified atom stereocenters. The molecule has 7 heteroatoms. The summed E-state index contributed by atoms with van der Waals surface area (Å²) in [5.41, 5.74) is 0. The monoisotopic (exact) mass is 226 g/mol. The minimum absolute atomic E-state index is 0.386. The molecule has 1 aromatic heterocycles. The van der Waals surface area contributed by atoms with Crippen molar-refractivity contribution < 1.29 is 14.7 Å². The first-order valence-electron chi connectivity index (χ1n) is 4.68. The molecule has 16 heavy (non-hydrogen) atoms. The molecule has 1 aromatic rings. The van der Waals surface area contributed by atoms with Gasteiger partial charge in [-0.15, -0.1) is 0 Å². The Morgan fingerprint density at radius 3 is 2.69 bits per heavy atom. The van der Waals surface area contributed by atoms with Gasteiger partial charge >= 0.3 is 12.0 Å². The van der Waals surface area contributed by atoms with Crippen molar-refractivity contribution in [3.63, 3.8) is 0 Å². The van der Waals surface area contributed by atoms with Crippen LogP contribution >= 0.6 is 0 Å². The number of hydrogen-bond donors (Lipinski definition) is 2. The molecular formula is C9H14N4O3. The summed E-state index contributed by atoms with van der Waals surface area (Å²) < 4.78 is 1.54. The Bertz CT molecular complexity index is 401. The van der Waals surface area contributed by atoms with Gasteiger partial charge in [0, 0.05) is 26.4 Å². The average molecular weight is 226 g/mol. The lowest BCUT2D eigenvalue weighted by Gasteiger charge is -2.21. The van der Waals surface area contributed by atoms with E-state index in [4.69, 9.17) is 5.11 Å². The van der Waals surface area contributed by atoms with Gasteiger partial charge in [0.25, 0.3) is 0 Å². The molecule has 0 saturated heterocycles. The maximum absolute atomic E-state index is 11.6. The molecule has 0 aliphatic rings. The molecule has 0 aliphatic heterocycles. The molecule has 2 N–H and O–H groups in total. The van der Waals surface area contributed by atoms with Crippen LogP contribution in [0.4, 0.5) is 10.6 Å². The molecule has 1 atom stereocenters. The fourth-order valence-electron chi connectivity index (χ4n) is 1.02. The second-order valence-corrected chi connectivity index (χ2v) is 3.43. The third kappa shape index (κ3) is 2.72. The summed E-state index contributed by atoms with van der Waals surface area (Å²) in [7, 11) is 3.14. The van der Waals surface area contributed by atoms with Gasteiger partial charge in [-0.1, -0.05) is 0 Å². The first-order chi connectivity index (χ1) is 7.41. The van der Waals surface area contributed by atoms with Gasteiger partial charge in [-0.25, -0.2) is 9.59 Å². The molecule has 0 fully saturated rings. The van der Waals surface area contributed by atoms with Crippen LogP contribution in [0.15, 0.2) is 12.3 Å². The number of amides is 2. The summed E-state index contributed by atoms with van der Waals surface area (Å²) in [5, 5.41) is 15.2. The maximum Gasteiger partial charge on any atom is 0.326 e. The van der Waals surface area contributed by atoms with Gasteiger partial charge in [0.1, 0.15) is 6.04 Å². The highest BCUT2D eigenvalue weighted by molar-refractivity contribution is 5.91. The van der Waals surface area contributed by atoms with Gasteiger partial charge in [0.05, 0.1) is 0 Å². The molecule has 0 spiro atoms. The highest BCUT2D eigenvalue weighted by Gasteiger charge is 2.21. The lowest BCUT2D eigenvalue weighted by atomic mass is 10.3. The van der Waals surface area contributed by atoms with Gasteiger partial charge in [0.2, 0.25) is 0 Å². The van der Waals surface area contributed by atoms with Crippen LogP contribution in [-0.2, 0) is 11.8 Å². The third-order valence-corrected chi connectivity index (χ3v) is 2.21. The number of anilines is 1. The number of aryl methyl sites for hydroxylation is 1. The normalized spacial score (nSPS) is 11.9. The fourth-order valence-corrected chi connectivity index (χ4v) is 1.02. The Morgan fingerprint density at radius 2 is 2.25 bits per heavy atom. The van der Waals surface area contributed by atoms with Gasteiger partial charge in [-0.3, -0.25) is 10.00 Å². The maximum atomic E-state index is 11.6. The van der Waals surface area contributed by atoms with Gasteiger partial charge in [-0.2, -0.15) is 5.10 Å². The van der Waals surface area contributed by atoms with Crippen LogP contribution in [0.25, 0.3) is 0 Å². The van der Waals surface area contributed by atoms with Crippen LogP contribution < -0.4 is 5.32 Å². The number of carboxylic acids is 1. The van der Waals surface area contributed by atoms with E-state index >= 15 is 0 Å². The van der Waals surface area contributed by atoms with Crippen molar-refractivity contribution in [2.75, 3.05) is 12.4 Å². The standard InChI is InChI=1S/C9H14N4O3/c1-6(8(14)15)13(3)9(16)10-7-4-5-12(2)11-7/h4-6H,1-3H3,(H,14,15)(H,10,11,16). The number of aliphatic carboxylic acids is 1. The van der Waals surface area contributed by atoms with Crippen LogP contribution in [0.5, 0.6) is 0 Å². The average Bonchev–Trinajstić information content (AvgIpc) is 2.61. The molecule has 1 heterocycles. The molecule has 88 valence electrons. The van der Waals surface area contributed by atoms with Crippen molar-refractivity contribution in [1.82, 2.24) is 14.7 Å². The van der Waals surface area contributed by atoms with E-state index in [0.29, 0.717) is 5.82 Å². The SMILES string of the molecule is CC(C(=O)O)N(C)C(=O)Nc1ccn(C)n1. The van der Waals surface area contributed by atoms with E-state index in [1.54, 1.807) is 19.3 Å². The zero-order valence-electron chi connectivity index (χ0n) is 9.34. The minimum atomic E-state index is -1.06. The van der Waals surface area contributed by atoms with E-state index in [9.17, 15) is 9.59 Å². The molecule has 0 aromatic carbocycles. The van der Waals surface area contributed by atoms with Crippen LogP contribution in [0, 0.1) is 0 Å². The predicted octanol–water partition coefficient (Wildman–Crippen LogP) is 0.357. The number of aromatic nitrogens is 2. The number of urea groups is 1. The summed E-state index contributed by atoms with van der Waals surface area (Å²) in [6.45, 7) is 1.43. The number of likely N-dealkylation sites (N-methyl/N-ethyl adjacent to an activating group) is 1. The summed E-state index contributed by atoms with van der Waals surface area (Å²) in [5.74, 6) is -0.671. The number of rotatable bonds is 3. The summed E-state index contributed by atoms with van der Waals surface area (Å²) >= 11 is 0. The van der Waals surface area contributed by atoms with Crippen LogP contribution in [0.1, 0.15) is 6.92 Å².